The second-order valence-electron chi connectivity index (χ2n) is 2.98. The van der Waals surface area contributed by atoms with E-state index in [4.69, 9.17) is 0 Å². The summed E-state index contributed by atoms with van der Waals surface area (Å²) in [6, 6.07) is 8.47. The van der Waals surface area contributed by atoms with Gasteiger partial charge in [-0.1, -0.05) is 30.3 Å². The summed E-state index contributed by atoms with van der Waals surface area (Å²) in [4.78, 5) is 22.2. The summed E-state index contributed by atoms with van der Waals surface area (Å²) in [5, 5.41) is 9.54. The zero-order valence-electron chi connectivity index (χ0n) is 8.84. The van der Waals surface area contributed by atoms with Crippen molar-refractivity contribution in [3.05, 3.63) is 42.0 Å². The highest BCUT2D eigenvalue weighted by atomic mass is 16.5. The Bertz CT molecular complexity index is 406. The molecule has 0 radical (unpaired) electrons. The number of aliphatic hydroxyl groups excluding tert-OH is 1. The van der Waals surface area contributed by atoms with Crippen molar-refractivity contribution < 1.29 is 19.4 Å². The van der Waals surface area contributed by atoms with Crippen molar-refractivity contribution in [3.63, 3.8) is 0 Å². The van der Waals surface area contributed by atoms with Crippen LogP contribution in [0, 0.1) is 0 Å². The number of hydrogen-bond donors (Lipinski definition) is 1. The highest BCUT2D eigenvalue weighted by Gasteiger charge is 2.13. The highest BCUT2D eigenvalue weighted by Crippen LogP contribution is 2.10. The van der Waals surface area contributed by atoms with Crippen molar-refractivity contribution in [1.29, 1.82) is 0 Å². The summed E-state index contributed by atoms with van der Waals surface area (Å²) in [6.45, 7) is 1.73. The molecule has 0 aliphatic heterocycles. The van der Waals surface area contributed by atoms with E-state index in [-0.39, 0.29) is 12.4 Å². The Morgan fingerprint density at radius 2 is 1.94 bits per heavy atom. The minimum absolute atomic E-state index is 0.129. The minimum atomic E-state index is -0.968. The van der Waals surface area contributed by atoms with Crippen LogP contribution in [-0.2, 0) is 14.3 Å². The van der Waals surface area contributed by atoms with Crippen LogP contribution in [-0.4, -0.2) is 23.5 Å². The van der Waals surface area contributed by atoms with Gasteiger partial charge in [-0.3, -0.25) is 4.79 Å². The molecule has 0 saturated heterocycles. The Morgan fingerprint density at radius 1 is 1.31 bits per heavy atom. The van der Waals surface area contributed by atoms with Gasteiger partial charge in [0.05, 0.1) is 6.61 Å². The van der Waals surface area contributed by atoms with E-state index in [2.05, 4.69) is 4.74 Å². The number of benzene rings is 1. The smallest absolute Gasteiger partial charge is 0.379 e. The predicted octanol–water partition coefficient (Wildman–Crippen LogP) is 1.72. The molecule has 84 valence electrons. The van der Waals surface area contributed by atoms with E-state index in [1.54, 1.807) is 37.3 Å². The maximum absolute atomic E-state index is 11.2. The van der Waals surface area contributed by atoms with Crippen LogP contribution in [0.2, 0.25) is 0 Å². The monoisotopic (exact) mass is 220 g/mol. The zero-order valence-corrected chi connectivity index (χ0v) is 8.84. The van der Waals surface area contributed by atoms with Gasteiger partial charge in [-0.05, 0) is 6.92 Å². The third-order valence-corrected chi connectivity index (χ3v) is 1.81. The van der Waals surface area contributed by atoms with Gasteiger partial charge in [0, 0.05) is 11.6 Å². The molecule has 0 atom stereocenters. The van der Waals surface area contributed by atoms with Crippen LogP contribution in [0.1, 0.15) is 12.5 Å². The number of ether oxygens (including phenoxy) is 1. The lowest BCUT2D eigenvalue weighted by molar-refractivity contribution is -0.151. The van der Waals surface area contributed by atoms with Crippen LogP contribution in [0.25, 0.3) is 5.76 Å². The van der Waals surface area contributed by atoms with Gasteiger partial charge >= 0.3 is 5.97 Å². The number of esters is 1. The van der Waals surface area contributed by atoms with E-state index in [9.17, 15) is 14.7 Å². The quantitative estimate of drug-likeness (QED) is 0.363. The van der Waals surface area contributed by atoms with E-state index in [1.165, 1.54) is 0 Å². The normalized spacial score (nSPS) is 10.9. The molecule has 1 N–H and O–H groups in total. The van der Waals surface area contributed by atoms with E-state index in [0.717, 1.165) is 6.08 Å². The van der Waals surface area contributed by atoms with E-state index in [1.807, 2.05) is 0 Å². The predicted molar refractivity (Wildman–Crippen MR) is 58.7 cm³/mol. The summed E-state index contributed by atoms with van der Waals surface area (Å²) >= 11 is 0. The molecule has 0 spiro atoms. The second kappa shape index (κ2) is 5.70. The third-order valence-electron chi connectivity index (χ3n) is 1.81. The van der Waals surface area contributed by atoms with Crippen LogP contribution in [0.3, 0.4) is 0 Å². The Balaban J connectivity index is 2.78. The van der Waals surface area contributed by atoms with Crippen LogP contribution >= 0.6 is 0 Å². The minimum Gasteiger partial charge on any atom is -0.507 e. The zero-order chi connectivity index (χ0) is 12.0. The first-order valence-corrected chi connectivity index (χ1v) is 4.82. The number of ketones is 1. The first-order valence-electron chi connectivity index (χ1n) is 4.82. The summed E-state index contributed by atoms with van der Waals surface area (Å²) in [7, 11) is 0. The molecular weight excluding hydrogens is 208 g/mol. The summed E-state index contributed by atoms with van der Waals surface area (Å²) in [5.74, 6) is -2.09. The van der Waals surface area contributed by atoms with Crippen molar-refractivity contribution >= 4 is 17.5 Å². The number of aliphatic hydroxyl groups is 1. The lowest BCUT2D eigenvalue weighted by Crippen LogP contribution is -2.15. The molecule has 0 bridgehead atoms. The molecule has 0 aliphatic rings. The molecule has 4 nitrogen and oxygen atoms in total. The molecule has 16 heavy (non-hydrogen) atoms. The molecular formula is C12H12O4. The number of rotatable bonds is 4. The summed E-state index contributed by atoms with van der Waals surface area (Å²) in [5.41, 5.74) is 0.472. The molecule has 0 unspecified atom stereocenters. The molecule has 0 saturated carbocycles. The Morgan fingerprint density at radius 3 is 2.50 bits per heavy atom. The van der Waals surface area contributed by atoms with Gasteiger partial charge in [-0.2, -0.15) is 0 Å². The van der Waals surface area contributed by atoms with Crippen molar-refractivity contribution in [2.24, 2.45) is 0 Å². The van der Waals surface area contributed by atoms with E-state index >= 15 is 0 Å². The van der Waals surface area contributed by atoms with Gasteiger partial charge in [0.1, 0.15) is 5.76 Å². The van der Waals surface area contributed by atoms with Gasteiger partial charge < -0.3 is 9.84 Å². The number of carbonyl (C=O) groups excluding carboxylic acids is 2. The van der Waals surface area contributed by atoms with Crippen molar-refractivity contribution in [2.75, 3.05) is 6.61 Å². The largest absolute Gasteiger partial charge is 0.507 e. The Labute approximate surface area is 93.2 Å². The van der Waals surface area contributed by atoms with Crippen LogP contribution < -0.4 is 0 Å². The van der Waals surface area contributed by atoms with Gasteiger partial charge in [0.25, 0.3) is 5.78 Å². The fourth-order valence-corrected chi connectivity index (χ4v) is 1.08. The SMILES string of the molecule is CCOC(=O)C(=O)/C=C(/O)c1ccccc1. The second-order valence-corrected chi connectivity index (χ2v) is 2.98. The van der Waals surface area contributed by atoms with Crippen molar-refractivity contribution in [1.82, 2.24) is 0 Å². The number of carbonyl (C=O) groups is 2. The maximum atomic E-state index is 11.2. The average Bonchev–Trinajstić information content (AvgIpc) is 2.30. The standard InChI is InChI=1S/C12H12O4/c1-2-16-12(15)11(14)8-10(13)9-6-4-3-5-7-9/h3-8,13H,2H2,1H3/b10-8+. The molecule has 4 heteroatoms. The molecule has 0 aliphatic carbocycles. The topological polar surface area (TPSA) is 63.6 Å². The molecule has 1 rings (SSSR count). The summed E-state index contributed by atoms with van der Waals surface area (Å²) in [6.07, 6.45) is 0.854. The van der Waals surface area contributed by atoms with Crippen LogP contribution in [0.5, 0.6) is 0 Å². The van der Waals surface area contributed by atoms with Gasteiger partial charge in [0.15, 0.2) is 0 Å². The molecule has 0 fully saturated rings. The van der Waals surface area contributed by atoms with E-state index < -0.39 is 11.8 Å². The average molecular weight is 220 g/mol. The molecule has 0 heterocycles. The van der Waals surface area contributed by atoms with Crippen LogP contribution in [0.15, 0.2) is 36.4 Å². The van der Waals surface area contributed by atoms with Gasteiger partial charge in [-0.25, -0.2) is 4.79 Å². The fourth-order valence-electron chi connectivity index (χ4n) is 1.08. The molecule has 0 amide bonds. The maximum Gasteiger partial charge on any atom is 0.379 e. The van der Waals surface area contributed by atoms with Gasteiger partial charge in [-0.15, -0.1) is 0 Å². The van der Waals surface area contributed by atoms with Crippen LogP contribution in [0.4, 0.5) is 0 Å². The first kappa shape index (κ1) is 12.0. The fraction of sp³-hybridized carbons (Fsp3) is 0.167. The van der Waals surface area contributed by atoms with E-state index in [0.29, 0.717) is 5.56 Å². The highest BCUT2D eigenvalue weighted by molar-refractivity contribution is 6.39. The molecule has 1 aromatic rings. The Hall–Kier alpha value is -2.10. The lowest BCUT2D eigenvalue weighted by Gasteiger charge is -1.99. The first-order chi connectivity index (χ1) is 7.65. The lowest BCUT2D eigenvalue weighted by atomic mass is 10.1. The summed E-state index contributed by atoms with van der Waals surface area (Å²) < 4.78 is 4.50. The Kier molecular flexibility index (Phi) is 4.27. The molecule has 1 aromatic carbocycles. The van der Waals surface area contributed by atoms with Crippen molar-refractivity contribution in [3.8, 4) is 0 Å². The van der Waals surface area contributed by atoms with Gasteiger partial charge in [0.2, 0.25) is 0 Å². The molecule has 0 aromatic heterocycles. The number of hydrogen-bond acceptors (Lipinski definition) is 4. The van der Waals surface area contributed by atoms with Crippen molar-refractivity contribution in [2.45, 2.75) is 6.92 Å². The third kappa shape index (κ3) is 3.24.